The number of nitrogens with one attached hydrogen (secondary N) is 2. The van der Waals surface area contributed by atoms with Crippen LogP contribution in [0.5, 0.6) is 0 Å². The molecule has 126 valence electrons. The Morgan fingerprint density at radius 1 is 1.04 bits per heavy atom. The zero-order valence-electron chi connectivity index (χ0n) is 13.6. The van der Waals surface area contributed by atoms with Crippen LogP contribution in [0.3, 0.4) is 0 Å². The van der Waals surface area contributed by atoms with E-state index in [1.807, 2.05) is 6.07 Å². The summed E-state index contributed by atoms with van der Waals surface area (Å²) in [7, 11) is 1.23. The lowest BCUT2D eigenvalue weighted by molar-refractivity contribution is -0.144. The van der Waals surface area contributed by atoms with Crippen LogP contribution in [-0.2, 0) is 14.3 Å². The molecule has 0 aliphatic heterocycles. The summed E-state index contributed by atoms with van der Waals surface area (Å²) in [5.41, 5.74) is 1.36. The number of nitrogens with zero attached hydrogens (tertiary/aromatic N) is 2. The molecular weight excluding hydrogens is 312 g/mol. The molecule has 0 spiro atoms. The second kappa shape index (κ2) is 7.49. The fourth-order valence-electron chi connectivity index (χ4n) is 1.98. The van der Waals surface area contributed by atoms with Gasteiger partial charge in [0.25, 0.3) is 5.91 Å². The highest BCUT2D eigenvalue weighted by Crippen LogP contribution is 2.08. The summed E-state index contributed by atoms with van der Waals surface area (Å²) in [6.45, 7) is 3.00. The van der Waals surface area contributed by atoms with Crippen LogP contribution in [0.4, 0.5) is 0 Å². The van der Waals surface area contributed by atoms with Gasteiger partial charge in [-0.05, 0) is 26.0 Å². The standard InChI is InChI=1S/C16H18N4O4/c1-9(14(21)19-10(2)16(23)24-3)18-15(22)13-8-17-11-6-4-5-7-12(11)20-13/h4-10H,1-3H3,(H,18,22)(H,19,21)/t9-,10+/m1/s1. The Labute approximate surface area is 138 Å². The SMILES string of the molecule is COC(=O)[C@H](C)NC(=O)[C@@H](C)NC(=O)c1cnc2ccccc2n1. The molecule has 0 aliphatic rings. The van der Waals surface area contributed by atoms with E-state index in [0.29, 0.717) is 11.0 Å². The van der Waals surface area contributed by atoms with Crippen LogP contribution in [0.15, 0.2) is 30.5 Å². The molecule has 8 heteroatoms. The number of carbonyl (C=O) groups is 3. The Morgan fingerprint density at radius 2 is 1.71 bits per heavy atom. The summed E-state index contributed by atoms with van der Waals surface area (Å²) in [5.74, 6) is -1.60. The molecule has 2 aromatic rings. The molecule has 24 heavy (non-hydrogen) atoms. The average molecular weight is 330 g/mol. The van der Waals surface area contributed by atoms with Crippen LogP contribution in [0.2, 0.25) is 0 Å². The second-order valence-corrected chi connectivity index (χ2v) is 5.19. The Balaban J connectivity index is 2.01. The molecule has 0 saturated carbocycles. The van der Waals surface area contributed by atoms with E-state index in [1.165, 1.54) is 27.2 Å². The third-order valence-corrected chi connectivity index (χ3v) is 3.34. The van der Waals surface area contributed by atoms with Crippen molar-refractivity contribution in [3.63, 3.8) is 0 Å². The van der Waals surface area contributed by atoms with E-state index in [9.17, 15) is 14.4 Å². The van der Waals surface area contributed by atoms with Gasteiger partial charge in [0.1, 0.15) is 17.8 Å². The van der Waals surface area contributed by atoms with E-state index >= 15 is 0 Å². The minimum Gasteiger partial charge on any atom is -0.467 e. The van der Waals surface area contributed by atoms with Crippen molar-refractivity contribution in [2.45, 2.75) is 25.9 Å². The monoisotopic (exact) mass is 330 g/mol. The maximum absolute atomic E-state index is 12.2. The van der Waals surface area contributed by atoms with Crippen molar-refractivity contribution in [2.75, 3.05) is 7.11 Å². The third kappa shape index (κ3) is 4.03. The van der Waals surface area contributed by atoms with Gasteiger partial charge in [-0.25, -0.2) is 9.78 Å². The number of hydrogen-bond acceptors (Lipinski definition) is 6. The molecule has 0 radical (unpaired) electrons. The molecule has 0 bridgehead atoms. The van der Waals surface area contributed by atoms with Gasteiger partial charge in [0.2, 0.25) is 5.91 Å². The summed E-state index contributed by atoms with van der Waals surface area (Å²) in [6.07, 6.45) is 1.35. The van der Waals surface area contributed by atoms with Crippen molar-refractivity contribution in [2.24, 2.45) is 0 Å². The first-order valence-electron chi connectivity index (χ1n) is 7.33. The minimum atomic E-state index is -0.849. The van der Waals surface area contributed by atoms with Gasteiger partial charge in [0.15, 0.2) is 0 Å². The number of aromatic nitrogens is 2. The Morgan fingerprint density at radius 3 is 2.38 bits per heavy atom. The highest BCUT2D eigenvalue weighted by atomic mass is 16.5. The summed E-state index contributed by atoms with van der Waals surface area (Å²) in [5, 5.41) is 4.97. The molecule has 1 heterocycles. The Hall–Kier alpha value is -3.03. The summed E-state index contributed by atoms with van der Waals surface area (Å²) < 4.78 is 4.52. The molecule has 2 N–H and O–H groups in total. The topological polar surface area (TPSA) is 110 Å². The maximum atomic E-state index is 12.2. The highest BCUT2D eigenvalue weighted by molar-refractivity contribution is 5.97. The van der Waals surface area contributed by atoms with Crippen molar-refractivity contribution in [3.05, 3.63) is 36.2 Å². The molecule has 2 amide bonds. The van der Waals surface area contributed by atoms with Crippen molar-refractivity contribution in [1.82, 2.24) is 20.6 Å². The van der Waals surface area contributed by atoms with Crippen LogP contribution in [0.1, 0.15) is 24.3 Å². The smallest absolute Gasteiger partial charge is 0.328 e. The minimum absolute atomic E-state index is 0.106. The molecule has 2 atom stereocenters. The van der Waals surface area contributed by atoms with Crippen molar-refractivity contribution in [1.29, 1.82) is 0 Å². The average Bonchev–Trinajstić information content (AvgIpc) is 2.60. The molecule has 0 aliphatic carbocycles. The van der Waals surface area contributed by atoms with E-state index in [0.717, 1.165) is 0 Å². The van der Waals surface area contributed by atoms with Gasteiger partial charge < -0.3 is 15.4 Å². The maximum Gasteiger partial charge on any atom is 0.328 e. The first-order valence-corrected chi connectivity index (χ1v) is 7.33. The number of ether oxygens (including phenoxy) is 1. The largest absolute Gasteiger partial charge is 0.467 e. The molecule has 0 saturated heterocycles. The van der Waals surface area contributed by atoms with Gasteiger partial charge in [0.05, 0.1) is 24.3 Å². The van der Waals surface area contributed by atoms with Crippen LogP contribution in [0.25, 0.3) is 11.0 Å². The van der Waals surface area contributed by atoms with Gasteiger partial charge in [0, 0.05) is 0 Å². The van der Waals surface area contributed by atoms with Crippen molar-refractivity contribution >= 4 is 28.8 Å². The number of benzene rings is 1. The summed E-state index contributed by atoms with van der Waals surface area (Å²) in [4.78, 5) is 43.8. The van der Waals surface area contributed by atoms with Gasteiger partial charge >= 0.3 is 5.97 Å². The molecule has 2 rings (SSSR count). The predicted molar refractivity (Wildman–Crippen MR) is 86.1 cm³/mol. The van der Waals surface area contributed by atoms with E-state index < -0.39 is 29.9 Å². The van der Waals surface area contributed by atoms with E-state index in [2.05, 4.69) is 25.3 Å². The number of fused-ring (bicyclic) bond motifs is 1. The lowest BCUT2D eigenvalue weighted by Crippen LogP contribution is -2.49. The molecular formula is C16H18N4O4. The first-order chi connectivity index (χ1) is 11.4. The zero-order valence-corrected chi connectivity index (χ0v) is 13.6. The fourth-order valence-corrected chi connectivity index (χ4v) is 1.98. The number of hydrogen-bond donors (Lipinski definition) is 2. The summed E-state index contributed by atoms with van der Waals surface area (Å²) in [6, 6.07) is 5.50. The number of methoxy groups -OCH3 is 1. The molecule has 1 aromatic carbocycles. The van der Waals surface area contributed by atoms with E-state index in [-0.39, 0.29) is 5.69 Å². The molecule has 0 unspecified atom stereocenters. The summed E-state index contributed by atoms with van der Waals surface area (Å²) >= 11 is 0. The van der Waals surface area contributed by atoms with Gasteiger partial charge in [-0.2, -0.15) is 0 Å². The van der Waals surface area contributed by atoms with Crippen molar-refractivity contribution < 1.29 is 19.1 Å². The van der Waals surface area contributed by atoms with Crippen LogP contribution in [-0.4, -0.2) is 46.9 Å². The molecule has 1 aromatic heterocycles. The van der Waals surface area contributed by atoms with Crippen LogP contribution in [0, 0.1) is 0 Å². The Kier molecular flexibility index (Phi) is 5.41. The van der Waals surface area contributed by atoms with Crippen LogP contribution >= 0.6 is 0 Å². The van der Waals surface area contributed by atoms with Gasteiger partial charge in [-0.15, -0.1) is 0 Å². The third-order valence-electron chi connectivity index (χ3n) is 3.34. The molecule has 8 nitrogen and oxygen atoms in total. The number of carbonyl (C=O) groups excluding carboxylic acids is 3. The quantitative estimate of drug-likeness (QED) is 0.769. The Bertz CT molecular complexity index is 778. The number of esters is 1. The second-order valence-electron chi connectivity index (χ2n) is 5.19. The van der Waals surface area contributed by atoms with E-state index in [1.54, 1.807) is 18.2 Å². The lowest BCUT2D eigenvalue weighted by atomic mass is 10.2. The first kappa shape index (κ1) is 17.3. The highest BCUT2D eigenvalue weighted by Gasteiger charge is 2.22. The number of amides is 2. The predicted octanol–water partition coefficient (Wildman–Crippen LogP) is 0.426. The number of para-hydroxylation sites is 2. The van der Waals surface area contributed by atoms with Crippen LogP contribution < -0.4 is 10.6 Å². The molecule has 0 fully saturated rings. The normalized spacial score (nSPS) is 13.0. The fraction of sp³-hybridized carbons (Fsp3) is 0.312. The van der Waals surface area contributed by atoms with Gasteiger partial charge in [-0.3, -0.25) is 14.6 Å². The van der Waals surface area contributed by atoms with Crippen molar-refractivity contribution in [3.8, 4) is 0 Å². The zero-order chi connectivity index (χ0) is 17.7. The number of rotatable bonds is 5. The lowest BCUT2D eigenvalue weighted by Gasteiger charge is -2.17. The van der Waals surface area contributed by atoms with Gasteiger partial charge in [-0.1, -0.05) is 12.1 Å². The van der Waals surface area contributed by atoms with E-state index in [4.69, 9.17) is 0 Å².